The fourth-order valence-corrected chi connectivity index (χ4v) is 3.12. The van der Waals surface area contributed by atoms with E-state index in [0.717, 1.165) is 42.7 Å². The van der Waals surface area contributed by atoms with Crippen molar-refractivity contribution in [2.24, 2.45) is 5.92 Å². The molecule has 1 fully saturated rings. The lowest BCUT2D eigenvalue weighted by molar-refractivity contribution is -0.143. The molecule has 0 bridgehead atoms. The maximum Gasteiger partial charge on any atom is 0.325 e. The van der Waals surface area contributed by atoms with E-state index in [2.05, 4.69) is 16.3 Å². The molecule has 132 valence electrons. The van der Waals surface area contributed by atoms with Crippen LogP contribution in [0.3, 0.4) is 0 Å². The summed E-state index contributed by atoms with van der Waals surface area (Å²) in [4.78, 5) is 30.4. The molecule has 2 aromatic rings. The van der Waals surface area contributed by atoms with E-state index in [-0.39, 0.29) is 18.4 Å². The highest BCUT2D eigenvalue weighted by atomic mass is 16.5. The number of carbonyl (C=O) groups is 2. The van der Waals surface area contributed by atoms with Gasteiger partial charge in [0.25, 0.3) is 0 Å². The van der Waals surface area contributed by atoms with E-state index in [9.17, 15) is 9.59 Å². The molecule has 25 heavy (non-hydrogen) atoms. The molecule has 1 aromatic heterocycles. The summed E-state index contributed by atoms with van der Waals surface area (Å²) in [5.74, 6) is 0.419. The Kier molecular flexibility index (Phi) is 5.48. The van der Waals surface area contributed by atoms with Gasteiger partial charge in [-0.15, -0.1) is 0 Å². The van der Waals surface area contributed by atoms with Crippen molar-refractivity contribution < 1.29 is 14.3 Å². The molecule has 2 heterocycles. The minimum Gasteiger partial charge on any atom is -0.465 e. The van der Waals surface area contributed by atoms with Gasteiger partial charge in [-0.1, -0.05) is 18.2 Å². The number of hydrogen-bond acceptors (Lipinski definition) is 5. The number of piperidine rings is 1. The quantitative estimate of drug-likeness (QED) is 0.844. The Morgan fingerprint density at radius 3 is 2.72 bits per heavy atom. The van der Waals surface area contributed by atoms with Crippen LogP contribution in [0.15, 0.2) is 36.4 Å². The molecule has 1 aliphatic rings. The zero-order valence-electron chi connectivity index (χ0n) is 14.4. The van der Waals surface area contributed by atoms with Gasteiger partial charge in [0.05, 0.1) is 12.1 Å². The van der Waals surface area contributed by atoms with E-state index in [1.54, 1.807) is 6.92 Å². The van der Waals surface area contributed by atoms with Crippen LogP contribution in [0.5, 0.6) is 0 Å². The van der Waals surface area contributed by atoms with Crippen molar-refractivity contribution in [1.82, 2.24) is 10.3 Å². The van der Waals surface area contributed by atoms with E-state index in [1.165, 1.54) is 0 Å². The van der Waals surface area contributed by atoms with Crippen LogP contribution in [0.25, 0.3) is 10.9 Å². The number of ether oxygens (including phenoxy) is 1. The first-order valence-electron chi connectivity index (χ1n) is 8.71. The molecule has 0 radical (unpaired) electrons. The molecule has 0 unspecified atom stereocenters. The Bertz CT molecular complexity index is 754. The molecule has 0 saturated carbocycles. The first-order valence-corrected chi connectivity index (χ1v) is 8.71. The van der Waals surface area contributed by atoms with Crippen molar-refractivity contribution in [2.45, 2.75) is 19.8 Å². The van der Waals surface area contributed by atoms with E-state index in [4.69, 9.17) is 9.72 Å². The van der Waals surface area contributed by atoms with E-state index >= 15 is 0 Å². The minimum absolute atomic E-state index is 0.0564. The molecule has 6 heteroatoms. The monoisotopic (exact) mass is 341 g/mol. The van der Waals surface area contributed by atoms with Gasteiger partial charge >= 0.3 is 5.97 Å². The number of amides is 1. The largest absolute Gasteiger partial charge is 0.465 e. The number of nitrogens with one attached hydrogen (secondary N) is 1. The molecule has 1 amide bonds. The SMILES string of the molecule is CCOC(=O)CNC(=O)C1CCN(c2ccc3ccccc3n2)CC1. The molecule has 0 spiro atoms. The molecule has 1 aliphatic heterocycles. The van der Waals surface area contributed by atoms with Crippen LogP contribution in [0, 0.1) is 5.92 Å². The number of aromatic nitrogens is 1. The van der Waals surface area contributed by atoms with Crippen LogP contribution in [0.2, 0.25) is 0 Å². The number of fused-ring (bicyclic) bond motifs is 1. The summed E-state index contributed by atoms with van der Waals surface area (Å²) in [5, 5.41) is 3.79. The molecule has 1 saturated heterocycles. The molecule has 3 rings (SSSR count). The van der Waals surface area contributed by atoms with Gasteiger partial charge in [0.2, 0.25) is 5.91 Å². The van der Waals surface area contributed by atoms with E-state index < -0.39 is 5.97 Å². The number of esters is 1. The van der Waals surface area contributed by atoms with Crippen LogP contribution in [-0.4, -0.2) is 43.1 Å². The fraction of sp³-hybridized carbons (Fsp3) is 0.421. The number of para-hydroxylation sites is 1. The number of hydrogen-bond donors (Lipinski definition) is 1. The maximum atomic E-state index is 12.2. The Morgan fingerprint density at radius 1 is 1.20 bits per heavy atom. The average Bonchev–Trinajstić information content (AvgIpc) is 2.66. The van der Waals surface area contributed by atoms with Crippen molar-refractivity contribution in [3.8, 4) is 0 Å². The number of nitrogens with zero attached hydrogens (tertiary/aromatic N) is 2. The first-order chi connectivity index (χ1) is 12.2. The number of carbonyl (C=O) groups excluding carboxylic acids is 2. The third-order valence-corrected chi connectivity index (χ3v) is 4.49. The summed E-state index contributed by atoms with van der Waals surface area (Å²) in [6.45, 7) is 3.58. The van der Waals surface area contributed by atoms with E-state index in [0.29, 0.717) is 6.61 Å². The number of anilines is 1. The summed E-state index contributed by atoms with van der Waals surface area (Å²) in [6, 6.07) is 12.2. The van der Waals surface area contributed by atoms with Gasteiger partial charge in [-0.3, -0.25) is 9.59 Å². The lowest BCUT2D eigenvalue weighted by Crippen LogP contribution is -2.42. The lowest BCUT2D eigenvalue weighted by atomic mass is 9.96. The fourth-order valence-electron chi connectivity index (χ4n) is 3.12. The van der Waals surface area contributed by atoms with Crippen LogP contribution in [0.1, 0.15) is 19.8 Å². The summed E-state index contributed by atoms with van der Waals surface area (Å²) in [6.07, 6.45) is 1.51. The van der Waals surface area contributed by atoms with Crippen molar-refractivity contribution >= 4 is 28.6 Å². The first kappa shape index (κ1) is 17.2. The van der Waals surface area contributed by atoms with E-state index in [1.807, 2.05) is 30.3 Å². The third kappa shape index (κ3) is 4.26. The predicted molar refractivity (Wildman–Crippen MR) is 96.3 cm³/mol. The van der Waals surface area contributed by atoms with Crippen LogP contribution in [-0.2, 0) is 14.3 Å². The van der Waals surface area contributed by atoms with Crippen molar-refractivity contribution in [2.75, 3.05) is 31.1 Å². The number of rotatable bonds is 5. The van der Waals surface area contributed by atoms with Gasteiger partial charge in [-0.25, -0.2) is 4.98 Å². The van der Waals surface area contributed by atoms with Gasteiger partial charge < -0.3 is 15.0 Å². The summed E-state index contributed by atoms with van der Waals surface area (Å²) in [5.41, 5.74) is 0.981. The second-order valence-electron chi connectivity index (χ2n) is 6.15. The molecule has 1 aromatic carbocycles. The molecular formula is C19H23N3O3. The summed E-state index contributed by atoms with van der Waals surface area (Å²) >= 11 is 0. The maximum absolute atomic E-state index is 12.2. The normalized spacial score (nSPS) is 15.2. The zero-order chi connectivity index (χ0) is 17.6. The standard InChI is InChI=1S/C19H23N3O3/c1-2-25-18(23)13-20-19(24)15-9-11-22(12-10-15)17-8-7-14-5-3-4-6-16(14)21-17/h3-8,15H,2,9-13H2,1H3,(H,20,24). The predicted octanol–water partition coefficient (Wildman–Crippen LogP) is 2.13. The van der Waals surface area contributed by atoms with Crippen LogP contribution < -0.4 is 10.2 Å². The van der Waals surface area contributed by atoms with Gasteiger partial charge in [0.15, 0.2) is 0 Å². The molecular weight excluding hydrogens is 318 g/mol. The summed E-state index contributed by atoms with van der Waals surface area (Å²) in [7, 11) is 0. The lowest BCUT2D eigenvalue weighted by Gasteiger charge is -2.32. The van der Waals surface area contributed by atoms with Crippen LogP contribution >= 0.6 is 0 Å². The second kappa shape index (κ2) is 7.96. The highest BCUT2D eigenvalue weighted by molar-refractivity contribution is 5.84. The van der Waals surface area contributed by atoms with Crippen molar-refractivity contribution in [3.63, 3.8) is 0 Å². The molecule has 1 N–H and O–H groups in total. The highest BCUT2D eigenvalue weighted by Gasteiger charge is 2.26. The van der Waals surface area contributed by atoms with Gasteiger partial charge in [-0.05, 0) is 38.0 Å². The Morgan fingerprint density at radius 2 is 1.96 bits per heavy atom. The third-order valence-electron chi connectivity index (χ3n) is 4.49. The molecule has 0 aliphatic carbocycles. The Labute approximate surface area is 147 Å². The smallest absolute Gasteiger partial charge is 0.325 e. The van der Waals surface area contributed by atoms with Crippen LogP contribution in [0.4, 0.5) is 5.82 Å². The van der Waals surface area contributed by atoms with Gasteiger partial charge in [-0.2, -0.15) is 0 Å². The number of pyridine rings is 1. The topological polar surface area (TPSA) is 71.5 Å². The number of benzene rings is 1. The minimum atomic E-state index is -0.395. The highest BCUT2D eigenvalue weighted by Crippen LogP contribution is 2.24. The van der Waals surface area contributed by atoms with Crippen molar-refractivity contribution in [1.29, 1.82) is 0 Å². The molecule has 0 atom stereocenters. The van der Waals surface area contributed by atoms with Crippen molar-refractivity contribution in [3.05, 3.63) is 36.4 Å². The zero-order valence-corrected chi connectivity index (χ0v) is 14.4. The van der Waals surface area contributed by atoms with Gasteiger partial charge in [0, 0.05) is 24.4 Å². The Balaban J connectivity index is 1.54. The second-order valence-corrected chi connectivity index (χ2v) is 6.15. The Hall–Kier alpha value is -2.63. The summed E-state index contributed by atoms with van der Waals surface area (Å²) < 4.78 is 4.82. The van der Waals surface area contributed by atoms with Gasteiger partial charge in [0.1, 0.15) is 12.4 Å². The average molecular weight is 341 g/mol. The molecule has 6 nitrogen and oxygen atoms in total.